The van der Waals surface area contributed by atoms with Gasteiger partial charge in [-0.25, -0.2) is 4.39 Å². The van der Waals surface area contributed by atoms with E-state index in [1.165, 1.54) is 24.8 Å². The first-order valence-corrected chi connectivity index (χ1v) is 7.07. The number of hydrogen-bond donors (Lipinski definition) is 1. The fourth-order valence-electron chi connectivity index (χ4n) is 3.19. The average Bonchev–Trinajstić information content (AvgIpc) is 2.41. The number of piperidine rings is 1. The van der Waals surface area contributed by atoms with Gasteiger partial charge in [0.25, 0.3) is 0 Å². The number of halogens is 1. The van der Waals surface area contributed by atoms with Crippen LogP contribution in [0.1, 0.15) is 24.8 Å². The Labute approximate surface area is 108 Å². The molecule has 2 aliphatic heterocycles. The van der Waals surface area contributed by atoms with Gasteiger partial charge < -0.3 is 10.2 Å². The molecule has 3 rings (SSSR count). The molecule has 2 aliphatic rings. The van der Waals surface area contributed by atoms with Gasteiger partial charge in [0.05, 0.1) is 0 Å². The third-order valence-corrected chi connectivity index (χ3v) is 4.20. The Bertz CT molecular complexity index is 413. The van der Waals surface area contributed by atoms with Crippen LogP contribution in [0.5, 0.6) is 0 Å². The van der Waals surface area contributed by atoms with Crippen LogP contribution in [-0.2, 0) is 6.42 Å². The van der Waals surface area contributed by atoms with Crippen LogP contribution >= 0.6 is 0 Å². The number of aryl methyl sites for hydroxylation is 1. The highest BCUT2D eigenvalue weighted by atomic mass is 19.1. The lowest BCUT2D eigenvalue weighted by atomic mass is 9.95. The Hall–Kier alpha value is -1.09. The molecule has 1 N–H and O–H groups in total. The summed E-state index contributed by atoms with van der Waals surface area (Å²) in [5, 5.41) is 3.40. The summed E-state index contributed by atoms with van der Waals surface area (Å²) in [6.45, 7) is 4.45. The van der Waals surface area contributed by atoms with Crippen LogP contribution in [0.4, 0.5) is 10.1 Å². The summed E-state index contributed by atoms with van der Waals surface area (Å²) in [6, 6.07) is 5.27. The van der Waals surface area contributed by atoms with E-state index >= 15 is 0 Å². The number of benzene rings is 1. The fraction of sp³-hybridized carbons (Fsp3) is 0.600. The second kappa shape index (κ2) is 5.27. The summed E-state index contributed by atoms with van der Waals surface area (Å²) in [5.41, 5.74) is 2.45. The van der Waals surface area contributed by atoms with Crippen LogP contribution in [0.2, 0.25) is 0 Å². The van der Waals surface area contributed by atoms with E-state index in [-0.39, 0.29) is 5.82 Å². The molecule has 0 aromatic heterocycles. The molecule has 2 nitrogen and oxygen atoms in total. The molecular formula is C15H21FN2. The van der Waals surface area contributed by atoms with Crippen molar-refractivity contribution in [3.63, 3.8) is 0 Å². The zero-order chi connectivity index (χ0) is 12.4. The van der Waals surface area contributed by atoms with Crippen molar-refractivity contribution in [1.29, 1.82) is 0 Å². The Kier molecular flexibility index (Phi) is 3.50. The third-order valence-electron chi connectivity index (χ3n) is 4.20. The lowest BCUT2D eigenvalue weighted by Gasteiger charge is -2.35. The molecule has 0 atom stereocenters. The number of nitrogens with one attached hydrogen (secondary N) is 1. The molecule has 0 bridgehead atoms. The summed E-state index contributed by atoms with van der Waals surface area (Å²) in [7, 11) is 0. The first kappa shape index (κ1) is 12.0. The zero-order valence-electron chi connectivity index (χ0n) is 10.8. The van der Waals surface area contributed by atoms with Crippen molar-refractivity contribution in [1.82, 2.24) is 5.32 Å². The van der Waals surface area contributed by atoms with Crippen molar-refractivity contribution < 1.29 is 4.39 Å². The zero-order valence-corrected chi connectivity index (χ0v) is 10.8. The van der Waals surface area contributed by atoms with Gasteiger partial charge in [0.1, 0.15) is 5.82 Å². The van der Waals surface area contributed by atoms with Crippen molar-refractivity contribution in [2.24, 2.45) is 5.92 Å². The molecule has 0 unspecified atom stereocenters. The predicted octanol–water partition coefficient (Wildman–Crippen LogP) is 2.58. The lowest BCUT2D eigenvalue weighted by molar-refractivity contribution is 0.371. The van der Waals surface area contributed by atoms with E-state index in [0.717, 1.165) is 44.2 Å². The molecule has 0 aliphatic carbocycles. The Balaban J connectivity index is 1.75. The standard InChI is InChI=1S/C15H21FN2/c16-14-4-3-13-2-1-9-18(15(13)10-14)11-12-5-7-17-8-6-12/h3-4,10,12,17H,1-2,5-9,11H2. The summed E-state index contributed by atoms with van der Waals surface area (Å²) in [4.78, 5) is 2.40. The van der Waals surface area contributed by atoms with E-state index in [1.807, 2.05) is 6.07 Å². The minimum atomic E-state index is -0.106. The minimum absolute atomic E-state index is 0.106. The average molecular weight is 248 g/mol. The molecule has 2 heterocycles. The van der Waals surface area contributed by atoms with Gasteiger partial charge in [0.2, 0.25) is 0 Å². The van der Waals surface area contributed by atoms with Gasteiger partial charge in [-0.3, -0.25) is 0 Å². The van der Waals surface area contributed by atoms with E-state index in [1.54, 1.807) is 12.1 Å². The van der Waals surface area contributed by atoms with Gasteiger partial charge >= 0.3 is 0 Å². The first-order valence-electron chi connectivity index (χ1n) is 7.07. The maximum absolute atomic E-state index is 13.4. The van der Waals surface area contributed by atoms with Gasteiger partial charge in [0.15, 0.2) is 0 Å². The third kappa shape index (κ3) is 2.51. The van der Waals surface area contributed by atoms with Gasteiger partial charge in [-0.05, 0) is 62.4 Å². The van der Waals surface area contributed by atoms with Crippen LogP contribution in [-0.4, -0.2) is 26.2 Å². The second-order valence-corrected chi connectivity index (χ2v) is 5.52. The van der Waals surface area contributed by atoms with Crippen LogP contribution in [0.3, 0.4) is 0 Å². The number of fused-ring (bicyclic) bond motifs is 1. The van der Waals surface area contributed by atoms with Crippen LogP contribution in [0, 0.1) is 11.7 Å². The maximum atomic E-state index is 13.4. The summed E-state index contributed by atoms with van der Waals surface area (Å²) >= 11 is 0. The molecule has 18 heavy (non-hydrogen) atoms. The first-order chi connectivity index (χ1) is 8.83. The van der Waals surface area contributed by atoms with E-state index in [4.69, 9.17) is 0 Å². The monoisotopic (exact) mass is 248 g/mol. The molecule has 1 aromatic rings. The van der Waals surface area contributed by atoms with E-state index < -0.39 is 0 Å². The number of hydrogen-bond acceptors (Lipinski definition) is 2. The number of rotatable bonds is 2. The molecule has 3 heteroatoms. The number of nitrogens with zero attached hydrogens (tertiary/aromatic N) is 1. The number of anilines is 1. The predicted molar refractivity (Wildman–Crippen MR) is 72.5 cm³/mol. The maximum Gasteiger partial charge on any atom is 0.125 e. The smallest absolute Gasteiger partial charge is 0.125 e. The Morgan fingerprint density at radius 1 is 1.28 bits per heavy atom. The van der Waals surface area contributed by atoms with Gasteiger partial charge in [-0.1, -0.05) is 6.07 Å². The van der Waals surface area contributed by atoms with Gasteiger partial charge in [-0.15, -0.1) is 0 Å². The highest BCUT2D eigenvalue weighted by Crippen LogP contribution is 2.29. The van der Waals surface area contributed by atoms with Crippen molar-refractivity contribution in [3.8, 4) is 0 Å². The normalized spacial score (nSPS) is 20.8. The van der Waals surface area contributed by atoms with Crippen molar-refractivity contribution in [2.45, 2.75) is 25.7 Å². The van der Waals surface area contributed by atoms with E-state index in [9.17, 15) is 4.39 Å². The van der Waals surface area contributed by atoms with Crippen molar-refractivity contribution >= 4 is 5.69 Å². The molecule has 0 spiro atoms. The van der Waals surface area contributed by atoms with Crippen LogP contribution < -0.4 is 10.2 Å². The quantitative estimate of drug-likeness (QED) is 0.865. The molecule has 0 saturated carbocycles. The van der Waals surface area contributed by atoms with Gasteiger partial charge in [-0.2, -0.15) is 0 Å². The SMILES string of the molecule is Fc1ccc2c(c1)N(CC1CCNCC1)CCC2. The Morgan fingerprint density at radius 3 is 2.94 bits per heavy atom. The largest absolute Gasteiger partial charge is 0.371 e. The van der Waals surface area contributed by atoms with Gasteiger partial charge in [0, 0.05) is 18.8 Å². The lowest BCUT2D eigenvalue weighted by Crippen LogP contribution is -2.38. The summed E-state index contributed by atoms with van der Waals surface area (Å²) in [5.74, 6) is 0.659. The molecule has 1 saturated heterocycles. The van der Waals surface area contributed by atoms with Crippen LogP contribution in [0.25, 0.3) is 0 Å². The van der Waals surface area contributed by atoms with E-state index in [2.05, 4.69) is 10.2 Å². The molecule has 0 radical (unpaired) electrons. The second-order valence-electron chi connectivity index (χ2n) is 5.52. The summed E-state index contributed by atoms with van der Waals surface area (Å²) in [6.07, 6.45) is 4.80. The van der Waals surface area contributed by atoms with Crippen molar-refractivity contribution in [2.75, 3.05) is 31.1 Å². The molecule has 0 amide bonds. The molecule has 1 fully saturated rings. The minimum Gasteiger partial charge on any atom is -0.371 e. The highest BCUT2D eigenvalue weighted by molar-refractivity contribution is 5.55. The Morgan fingerprint density at radius 2 is 2.11 bits per heavy atom. The van der Waals surface area contributed by atoms with Crippen molar-refractivity contribution in [3.05, 3.63) is 29.6 Å². The van der Waals surface area contributed by atoms with Crippen LogP contribution in [0.15, 0.2) is 18.2 Å². The highest BCUT2D eigenvalue weighted by Gasteiger charge is 2.21. The summed E-state index contributed by atoms with van der Waals surface area (Å²) < 4.78 is 13.4. The molecule has 98 valence electrons. The molecular weight excluding hydrogens is 227 g/mol. The van der Waals surface area contributed by atoms with E-state index in [0.29, 0.717) is 0 Å². The topological polar surface area (TPSA) is 15.3 Å². The molecule has 1 aromatic carbocycles. The fourth-order valence-corrected chi connectivity index (χ4v) is 3.19.